The highest BCUT2D eigenvalue weighted by Gasteiger charge is 2.38. The molecular formula is C15H29N3O2. The summed E-state index contributed by atoms with van der Waals surface area (Å²) in [6.07, 6.45) is 4.44. The van der Waals surface area contributed by atoms with E-state index in [-0.39, 0.29) is 12.0 Å². The highest BCUT2D eigenvalue weighted by Crippen LogP contribution is 2.25. The minimum atomic E-state index is -0.582. The number of carbonyl (C=O) groups is 1. The largest absolute Gasteiger partial charge is 0.376 e. The molecule has 0 bridgehead atoms. The van der Waals surface area contributed by atoms with Crippen molar-refractivity contribution in [2.24, 2.45) is 5.73 Å². The van der Waals surface area contributed by atoms with Crippen molar-refractivity contribution in [1.82, 2.24) is 10.2 Å². The molecular weight excluding hydrogens is 254 g/mol. The van der Waals surface area contributed by atoms with Crippen LogP contribution in [0.3, 0.4) is 0 Å². The molecule has 20 heavy (non-hydrogen) atoms. The zero-order chi connectivity index (χ0) is 14.8. The number of hydrogen-bond acceptors (Lipinski definition) is 4. The van der Waals surface area contributed by atoms with E-state index in [0.29, 0.717) is 12.1 Å². The Hall–Kier alpha value is -0.650. The smallest absolute Gasteiger partial charge is 0.237 e. The quantitative estimate of drug-likeness (QED) is 0.727. The minimum absolute atomic E-state index is 0.237. The Balaban J connectivity index is 1.91. The predicted octanol–water partition coefficient (Wildman–Crippen LogP) is 0.872. The van der Waals surface area contributed by atoms with Gasteiger partial charge in [-0.25, -0.2) is 0 Å². The summed E-state index contributed by atoms with van der Waals surface area (Å²) in [5.74, 6) is -0.237. The fourth-order valence-electron chi connectivity index (χ4n) is 2.87. The molecule has 116 valence electrons. The molecule has 2 fully saturated rings. The number of ether oxygens (including phenoxy) is 1. The van der Waals surface area contributed by atoms with E-state index in [1.807, 2.05) is 6.92 Å². The predicted molar refractivity (Wildman–Crippen MR) is 79.4 cm³/mol. The van der Waals surface area contributed by atoms with Gasteiger partial charge in [-0.15, -0.1) is 0 Å². The van der Waals surface area contributed by atoms with Crippen LogP contribution in [-0.4, -0.2) is 54.2 Å². The lowest BCUT2D eigenvalue weighted by molar-refractivity contribution is -0.124. The highest BCUT2D eigenvalue weighted by atomic mass is 16.5. The van der Waals surface area contributed by atoms with Crippen molar-refractivity contribution in [1.29, 1.82) is 0 Å². The summed E-state index contributed by atoms with van der Waals surface area (Å²) >= 11 is 0. The van der Waals surface area contributed by atoms with Crippen molar-refractivity contribution in [3.63, 3.8) is 0 Å². The number of hydrogen-bond donors (Lipinski definition) is 2. The van der Waals surface area contributed by atoms with Gasteiger partial charge < -0.3 is 15.8 Å². The van der Waals surface area contributed by atoms with Crippen molar-refractivity contribution >= 4 is 5.91 Å². The molecule has 1 heterocycles. The molecule has 0 aromatic heterocycles. The number of primary amides is 1. The first-order valence-corrected chi connectivity index (χ1v) is 7.88. The van der Waals surface area contributed by atoms with Gasteiger partial charge in [0.25, 0.3) is 0 Å². The van der Waals surface area contributed by atoms with Crippen LogP contribution in [0.4, 0.5) is 0 Å². The third-order valence-corrected chi connectivity index (χ3v) is 4.60. The fourth-order valence-corrected chi connectivity index (χ4v) is 2.87. The van der Waals surface area contributed by atoms with Gasteiger partial charge in [-0.1, -0.05) is 6.92 Å². The normalized spacial score (nSPS) is 30.9. The lowest BCUT2D eigenvalue weighted by Gasteiger charge is -2.40. The van der Waals surface area contributed by atoms with Gasteiger partial charge in [0.05, 0.1) is 18.2 Å². The molecule has 1 saturated carbocycles. The van der Waals surface area contributed by atoms with Crippen LogP contribution < -0.4 is 11.1 Å². The average molecular weight is 283 g/mol. The summed E-state index contributed by atoms with van der Waals surface area (Å²) in [7, 11) is 0. The second kappa shape index (κ2) is 6.41. The first kappa shape index (κ1) is 15.7. The van der Waals surface area contributed by atoms with Gasteiger partial charge >= 0.3 is 0 Å². The van der Waals surface area contributed by atoms with Gasteiger partial charge in [0.2, 0.25) is 5.91 Å². The van der Waals surface area contributed by atoms with E-state index >= 15 is 0 Å². The highest BCUT2D eigenvalue weighted by molar-refractivity contribution is 5.84. The Morgan fingerprint density at radius 2 is 2.20 bits per heavy atom. The van der Waals surface area contributed by atoms with Crippen LogP contribution in [0.25, 0.3) is 0 Å². The Morgan fingerprint density at radius 3 is 2.75 bits per heavy atom. The molecule has 5 nitrogen and oxygen atoms in total. The van der Waals surface area contributed by atoms with E-state index in [0.717, 1.165) is 45.4 Å². The number of nitrogens with one attached hydrogen (secondary N) is 1. The number of nitrogens with two attached hydrogens (primary N) is 1. The molecule has 0 aromatic carbocycles. The van der Waals surface area contributed by atoms with Crippen molar-refractivity contribution in [2.45, 2.75) is 70.2 Å². The second-order valence-corrected chi connectivity index (χ2v) is 6.57. The van der Waals surface area contributed by atoms with E-state index < -0.39 is 5.54 Å². The maximum atomic E-state index is 11.8. The van der Waals surface area contributed by atoms with Crippen molar-refractivity contribution in [2.75, 3.05) is 19.7 Å². The maximum absolute atomic E-state index is 11.8. The maximum Gasteiger partial charge on any atom is 0.237 e. The summed E-state index contributed by atoms with van der Waals surface area (Å²) in [6.45, 7) is 8.86. The number of carbonyl (C=O) groups excluding carboxylic acids is 1. The molecule has 5 heteroatoms. The minimum Gasteiger partial charge on any atom is -0.376 e. The molecule has 0 radical (unpaired) electrons. The SMILES string of the molecule is CCC1COC(C)CN1CCC(C)(NC1CC1)C(N)=O. The van der Waals surface area contributed by atoms with Crippen molar-refractivity contribution < 1.29 is 9.53 Å². The van der Waals surface area contributed by atoms with E-state index in [2.05, 4.69) is 24.1 Å². The average Bonchev–Trinajstić information content (AvgIpc) is 3.20. The van der Waals surface area contributed by atoms with Gasteiger partial charge in [-0.2, -0.15) is 0 Å². The van der Waals surface area contributed by atoms with Crippen LogP contribution in [0.15, 0.2) is 0 Å². The van der Waals surface area contributed by atoms with Gasteiger partial charge in [0.1, 0.15) is 0 Å². The Kier molecular flexibility index (Phi) is 5.04. The lowest BCUT2D eigenvalue weighted by atomic mass is 9.95. The third-order valence-electron chi connectivity index (χ3n) is 4.60. The summed E-state index contributed by atoms with van der Waals surface area (Å²) in [5, 5.41) is 3.42. The molecule has 3 N–H and O–H groups in total. The van der Waals surface area contributed by atoms with Gasteiger partial charge in [-0.05, 0) is 39.5 Å². The number of nitrogens with zero attached hydrogens (tertiary/aromatic N) is 1. The molecule has 3 atom stereocenters. The standard InChI is InChI=1S/C15H29N3O2/c1-4-13-10-20-11(2)9-18(13)8-7-15(3,14(16)19)17-12-5-6-12/h11-13,17H,4-10H2,1-3H3,(H2,16,19). The van der Waals surface area contributed by atoms with Crippen molar-refractivity contribution in [3.8, 4) is 0 Å². The Labute approximate surface area is 122 Å². The molecule has 2 rings (SSSR count). The molecule has 1 aliphatic carbocycles. The van der Waals surface area contributed by atoms with Gasteiger partial charge in [0, 0.05) is 25.2 Å². The lowest BCUT2D eigenvalue weighted by Crippen LogP contribution is -2.57. The molecule has 0 aromatic rings. The topological polar surface area (TPSA) is 67.6 Å². The molecule has 0 spiro atoms. The fraction of sp³-hybridized carbons (Fsp3) is 0.933. The Morgan fingerprint density at radius 1 is 1.50 bits per heavy atom. The monoisotopic (exact) mass is 283 g/mol. The van der Waals surface area contributed by atoms with Gasteiger partial charge in [-0.3, -0.25) is 9.69 Å². The summed E-state index contributed by atoms with van der Waals surface area (Å²) in [4.78, 5) is 14.2. The number of amides is 1. The molecule has 1 amide bonds. The number of rotatable bonds is 7. The first-order valence-electron chi connectivity index (χ1n) is 7.88. The summed E-state index contributed by atoms with van der Waals surface area (Å²) in [5.41, 5.74) is 5.03. The Bertz CT molecular complexity index is 346. The summed E-state index contributed by atoms with van der Waals surface area (Å²) in [6, 6.07) is 0.947. The second-order valence-electron chi connectivity index (χ2n) is 6.57. The summed E-state index contributed by atoms with van der Waals surface area (Å²) < 4.78 is 5.72. The zero-order valence-corrected chi connectivity index (χ0v) is 13.0. The van der Waals surface area contributed by atoms with Crippen LogP contribution in [0.1, 0.15) is 46.5 Å². The van der Waals surface area contributed by atoms with E-state index in [9.17, 15) is 4.79 Å². The van der Waals surface area contributed by atoms with Crippen LogP contribution in [-0.2, 0) is 9.53 Å². The van der Waals surface area contributed by atoms with E-state index in [1.165, 1.54) is 0 Å². The third kappa shape index (κ3) is 3.93. The molecule has 1 saturated heterocycles. The van der Waals surface area contributed by atoms with Crippen LogP contribution >= 0.6 is 0 Å². The van der Waals surface area contributed by atoms with Crippen molar-refractivity contribution in [3.05, 3.63) is 0 Å². The van der Waals surface area contributed by atoms with E-state index in [4.69, 9.17) is 10.5 Å². The molecule has 1 aliphatic heterocycles. The zero-order valence-electron chi connectivity index (χ0n) is 13.0. The van der Waals surface area contributed by atoms with Crippen LogP contribution in [0.5, 0.6) is 0 Å². The van der Waals surface area contributed by atoms with E-state index in [1.54, 1.807) is 0 Å². The van der Waals surface area contributed by atoms with Gasteiger partial charge in [0.15, 0.2) is 0 Å². The molecule has 2 aliphatic rings. The van der Waals surface area contributed by atoms with Crippen LogP contribution in [0.2, 0.25) is 0 Å². The van der Waals surface area contributed by atoms with Crippen LogP contribution in [0, 0.1) is 0 Å². The number of morpholine rings is 1. The molecule has 3 unspecified atom stereocenters. The first-order chi connectivity index (χ1) is 9.44.